The van der Waals surface area contributed by atoms with Crippen molar-refractivity contribution in [2.24, 2.45) is 5.92 Å². The first-order valence-electron chi connectivity index (χ1n) is 18.1. The quantitative estimate of drug-likeness (QED) is 0.192. The van der Waals surface area contributed by atoms with Crippen molar-refractivity contribution in [2.75, 3.05) is 49.2 Å². The van der Waals surface area contributed by atoms with E-state index >= 15 is 0 Å². The summed E-state index contributed by atoms with van der Waals surface area (Å²) >= 11 is 0. The molecule has 3 aliphatic rings. The first-order chi connectivity index (χ1) is 25.5. The van der Waals surface area contributed by atoms with E-state index in [2.05, 4.69) is 55.4 Å². The third kappa shape index (κ3) is 7.04. The van der Waals surface area contributed by atoms with Crippen molar-refractivity contribution in [1.82, 2.24) is 29.3 Å². The van der Waals surface area contributed by atoms with Crippen LogP contribution in [0.15, 0.2) is 90.2 Å². The second kappa shape index (κ2) is 14.7. The number of hydrogen-bond donors (Lipinski definition) is 0. The highest BCUT2D eigenvalue weighted by molar-refractivity contribution is 5.55. The van der Waals surface area contributed by atoms with Gasteiger partial charge in [0, 0.05) is 49.7 Å². The average Bonchev–Trinajstić information content (AvgIpc) is 4.02. The number of nitrogens with zero attached hydrogens (tertiary/aromatic N) is 9. The lowest BCUT2D eigenvalue weighted by Crippen LogP contribution is -2.46. The van der Waals surface area contributed by atoms with Crippen molar-refractivity contribution in [3.05, 3.63) is 113 Å². The van der Waals surface area contributed by atoms with Gasteiger partial charge < -0.3 is 24.0 Å². The minimum Gasteiger partial charge on any atom is -0.491 e. The maximum absolute atomic E-state index is 13.0. The van der Waals surface area contributed by atoms with Crippen LogP contribution in [0.25, 0.3) is 5.69 Å². The largest absolute Gasteiger partial charge is 0.491 e. The summed E-state index contributed by atoms with van der Waals surface area (Å²) in [4.78, 5) is 19.3. The molecule has 0 unspecified atom stereocenters. The Morgan fingerprint density at radius 2 is 1.54 bits per heavy atom. The summed E-state index contributed by atoms with van der Waals surface area (Å²) in [6.07, 6.45) is 9.45. The van der Waals surface area contributed by atoms with E-state index in [-0.39, 0.29) is 18.3 Å². The molecule has 0 amide bonds. The normalized spacial score (nSPS) is 20.7. The van der Waals surface area contributed by atoms with Crippen LogP contribution in [0.1, 0.15) is 42.4 Å². The monoisotopic (exact) mass is 701 g/mol. The Hall–Kier alpha value is -5.45. The molecule has 5 aromatic rings. The molecule has 2 aromatic heterocycles. The van der Waals surface area contributed by atoms with Gasteiger partial charge in [0.25, 0.3) is 0 Å². The second-order valence-electron chi connectivity index (χ2n) is 13.9. The Morgan fingerprint density at radius 3 is 2.19 bits per heavy atom. The zero-order valence-electron chi connectivity index (χ0n) is 29.4. The molecule has 0 radical (unpaired) electrons. The molecule has 13 heteroatoms. The minimum absolute atomic E-state index is 0.0680. The van der Waals surface area contributed by atoms with E-state index in [1.54, 1.807) is 38.8 Å². The topological polar surface area (TPSA) is 128 Å². The summed E-state index contributed by atoms with van der Waals surface area (Å²) in [6.45, 7) is 7.16. The van der Waals surface area contributed by atoms with E-state index in [0.717, 1.165) is 60.1 Å². The third-order valence-corrected chi connectivity index (χ3v) is 10.5. The van der Waals surface area contributed by atoms with Gasteiger partial charge >= 0.3 is 5.69 Å². The number of ether oxygens (including phenoxy) is 3. The standard InChI is InChI=1S/C39H43N9O4/c1-29-22-31(23-40)6-15-37(29)39(27-48-41-16-17-42-48)51-26-36(52-39)25-50-35-13-11-33(12-14-35)45-20-18-44(19-21-45)32-7-9-34(10-8-32)46-28-43-47(38(46)49)24-30-4-2-3-5-30/h6-17,22,28,30,36H,2-5,18-21,24-27H2,1H3/t36-,39-/m1/s1. The molecule has 1 saturated carbocycles. The number of aromatic nitrogens is 6. The molecule has 4 heterocycles. The third-order valence-electron chi connectivity index (χ3n) is 10.5. The summed E-state index contributed by atoms with van der Waals surface area (Å²) < 4.78 is 22.3. The van der Waals surface area contributed by atoms with Gasteiger partial charge in [-0.2, -0.15) is 25.4 Å². The van der Waals surface area contributed by atoms with Crippen molar-refractivity contribution >= 4 is 11.4 Å². The molecular weight excluding hydrogens is 658 g/mol. The molecule has 13 nitrogen and oxygen atoms in total. The number of anilines is 2. The molecule has 8 rings (SSSR count). The Labute approximate surface area is 302 Å². The van der Waals surface area contributed by atoms with Crippen LogP contribution in [0.5, 0.6) is 5.75 Å². The van der Waals surface area contributed by atoms with Gasteiger partial charge in [-0.1, -0.05) is 18.9 Å². The van der Waals surface area contributed by atoms with Gasteiger partial charge in [0.15, 0.2) is 0 Å². The Balaban J connectivity index is 0.840. The Morgan fingerprint density at radius 1 is 0.885 bits per heavy atom. The summed E-state index contributed by atoms with van der Waals surface area (Å²) in [7, 11) is 0. The first kappa shape index (κ1) is 33.7. The number of hydrogen-bond acceptors (Lipinski definition) is 10. The van der Waals surface area contributed by atoms with Crippen molar-refractivity contribution < 1.29 is 14.2 Å². The van der Waals surface area contributed by atoms with Crippen LogP contribution in [0.3, 0.4) is 0 Å². The predicted octanol–water partition coefficient (Wildman–Crippen LogP) is 4.67. The fraction of sp³-hybridized carbons (Fsp3) is 0.410. The average molecular weight is 702 g/mol. The van der Waals surface area contributed by atoms with E-state index in [1.807, 2.05) is 43.3 Å². The molecule has 52 heavy (non-hydrogen) atoms. The molecule has 2 saturated heterocycles. The summed E-state index contributed by atoms with van der Waals surface area (Å²) in [6, 6.07) is 24.1. The van der Waals surface area contributed by atoms with Gasteiger partial charge in [-0.25, -0.2) is 14.0 Å². The number of piperazine rings is 1. The maximum atomic E-state index is 13.0. The Bertz CT molecular complexity index is 2060. The van der Waals surface area contributed by atoms with Gasteiger partial charge in [0.05, 0.1) is 36.3 Å². The van der Waals surface area contributed by atoms with Crippen LogP contribution in [0, 0.1) is 24.2 Å². The zero-order valence-corrected chi connectivity index (χ0v) is 29.4. The van der Waals surface area contributed by atoms with Gasteiger partial charge in [0.1, 0.15) is 31.3 Å². The molecule has 268 valence electrons. The van der Waals surface area contributed by atoms with Gasteiger partial charge in [-0.05, 0) is 91.9 Å². The van der Waals surface area contributed by atoms with Crippen LogP contribution in [0.2, 0.25) is 0 Å². The smallest absolute Gasteiger partial charge is 0.350 e. The lowest BCUT2D eigenvalue weighted by Gasteiger charge is -2.37. The maximum Gasteiger partial charge on any atom is 0.350 e. The highest BCUT2D eigenvalue weighted by Gasteiger charge is 2.45. The molecule has 0 bridgehead atoms. The molecule has 2 atom stereocenters. The number of rotatable bonds is 11. The van der Waals surface area contributed by atoms with Gasteiger partial charge in [-0.15, -0.1) is 0 Å². The Kier molecular flexibility index (Phi) is 9.49. The van der Waals surface area contributed by atoms with E-state index in [4.69, 9.17) is 14.2 Å². The van der Waals surface area contributed by atoms with E-state index < -0.39 is 5.79 Å². The molecule has 1 aliphatic carbocycles. The van der Waals surface area contributed by atoms with Crippen LogP contribution in [0.4, 0.5) is 11.4 Å². The lowest BCUT2D eigenvalue weighted by atomic mass is 9.98. The molecule has 0 spiro atoms. The van der Waals surface area contributed by atoms with Crippen LogP contribution in [-0.4, -0.2) is 74.8 Å². The lowest BCUT2D eigenvalue weighted by molar-refractivity contribution is -0.192. The highest BCUT2D eigenvalue weighted by Crippen LogP contribution is 2.38. The van der Waals surface area contributed by atoms with Crippen LogP contribution in [-0.2, 0) is 28.4 Å². The summed E-state index contributed by atoms with van der Waals surface area (Å²) in [5, 5.41) is 22.3. The van der Waals surface area contributed by atoms with Crippen molar-refractivity contribution in [3.8, 4) is 17.5 Å². The van der Waals surface area contributed by atoms with Crippen molar-refractivity contribution in [2.45, 2.75) is 57.6 Å². The second-order valence-corrected chi connectivity index (χ2v) is 13.9. The number of nitriles is 1. The summed E-state index contributed by atoms with van der Waals surface area (Å²) in [5.41, 5.74) is 5.38. The molecule has 2 aliphatic heterocycles. The van der Waals surface area contributed by atoms with E-state index in [0.29, 0.717) is 31.2 Å². The summed E-state index contributed by atoms with van der Waals surface area (Å²) in [5.74, 6) is 0.221. The SMILES string of the molecule is Cc1cc(C#N)ccc1[C@]1(Cn2nccn2)OC[C@@H](COc2ccc(N3CCN(c4ccc(-n5cnn(CC6CCCC6)c5=O)cc4)CC3)cc2)O1. The fourth-order valence-corrected chi connectivity index (χ4v) is 7.69. The predicted molar refractivity (Wildman–Crippen MR) is 195 cm³/mol. The molecule has 3 aromatic carbocycles. The number of benzene rings is 3. The van der Waals surface area contributed by atoms with Crippen LogP contribution >= 0.6 is 0 Å². The molecule has 0 N–H and O–H groups in total. The minimum atomic E-state index is -1.10. The van der Waals surface area contributed by atoms with E-state index in [9.17, 15) is 10.1 Å². The van der Waals surface area contributed by atoms with Gasteiger partial charge in [-0.3, -0.25) is 0 Å². The number of aryl methyl sites for hydroxylation is 1. The molecular formula is C39H43N9O4. The van der Waals surface area contributed by atoms with Crippen molar-refractivity contribution in [1.29, 1.82) is 5.26 Å². The van der Waals surface area contributed by atoms with E-state index in [1.165, 1.54) is 25.7 Å². The van der Waals surface area contributed by atoms with Gasteiger partial charge in [0.2, 0.25) is 5.79 Å². The fourth-order valence-electron chi connectivity index (χ4n) is 7.69. The highest BCUT2D eigenvalue weighted by atomic mass is 16.8. The van der Waals surface area contributed by atoms with Crippen LogP contribution < -0.4 is 20.2 Å². The first-order valence-corrected chi connectivity index (χ1v) is 18.1. The zero-order chi connectivity index (χ0) is 35.5. The molecule has 3 fully saturated rings. The van der Waals surface area contributed by atoms with Crippen molar-refractivity contribution in [3.63, 3.8) is 0 Å².